The van der Waals surface area contributed by atoms with Crippen LogP contribution in [0.5, 0.6) is 17.2 Å². The van der Waals surface area contributed by atoms with Crippen molar-refractivity contribution < 1.29 is 42.9 Å². The number of aromatic amines is 1. The van der Waals surface area contributed by atoms with E-state index in [1.807, 2.05) is 38.1 Å². The highest BCUT2D eigenvalue weighted by atomic mass is 16.6. The van der Waals surface area contributed by atoms with Gasteiger partial charge in [0.05, 0.1) is 19.7 Å². The summed E-state index contributed by atoms with van der Waals surface area (Å²) in [6.07, 6.45) is 1.91. The number of H-pyrrole nitrogens is 1. The summed E-state index contributed by atoms with van der Waals surface area (Å²) >= 11 is 0. The van der Waals surface area contributed by atoms with Crippen LogP contribution in [-0.2, 0) is 36.8 Å². The molecule has 3 aromatic carbocycles. The van der Waals surface area contributed by atoms with Crippen molar-refractivity contribution in [1.82, 2.24) is 31.2 Å². The Labute approximate surface area is 324 Å². The van der Waals surface area contributed by atoms with Crippen LogP contribution >= 0.6 is 0 Å². The maximum Gasteiger partial charge on any atom is 0.252 e. The molecule has 15 nitrogen and oxygen atoms in total. The fourth-order valence-electron chi connectivity index (χ4n) is 6.66. The van der Waals surface area contributed by atoms with Gasteiger partial charge in [0.2, 0.25) is 23.6 Å². The van der Waals surface area contributed by atoms with Gasteiger partial charge in [-0.15, -0.1) is 0 Å². The average molecular weight is 769 g/mol. The van der Waals surface area contributed by atoms with E-state index in [1.165, 1.54) is 12.0 Å². The van der Waals surface area contributed by atoms with Gasteiger partial charge in [-0.05, 0) is 53.4 Å². The predicted molar refractivity (Wildman–Crippen MR) is 206 cm³/mol. The Morgan fingerprint density at radius 1 is 0.911 bits per heavy atom. The lowest BCUT2D eigenvalue weighted by Gasteiger charge is -2.30. The number of carbonyl (C=O) groups excluding carboxylic acids is 5. The Balaban J connectivity index is 1.35. The Hall–Kier alpha value is -6.09. The fraction of sp³-hybridized carbons (Fsp3) is 0.390. The Bertz CT molecular complexity index is 2030. The van der Waals surface area contributed by atoms with E-state index in [1.54, 1.807) is 48.7 Å². The van der Waals surface area contributed by atoms with Crippen LogP contribution in [0.15, 0.2) is 72.9 Å². The number of hydrogen-bond acceptors (Lipinski definition) is 9. The SMILES string of the molecule is COCCN1CC(=O)N[C@@H](C(C)C)C(=O)NCCOc2ccc(cc2)C[C@H](NC(=O)c2ccc3c(c2)OCCO3)C(=O)N[C@@H](Cc2c[nH]c3ccccc23)C1=O. The quantitative estimate of drug-likeness (QED) is 0.167. The van der Waals surface area contributed by atoms with Crippen LogP contribution in [0.4, 0.5) is 0 Å². The highest BCUT2D eigenvalue weighted by Crippen LogP contribution is 2.31. The molecule has 7 rings (SSSR count). The van der Waals surface area contributed by atoms with E-state index in [0.717, 1.165) is 16.5 Å². The summed E-state index contributed by atoms with van der Waals surface area (Å²) in [5, 5.41) is 12.3. The molecule has 4 heterocycles. The van der Waals surface area contributed by atoms with Crippen LogP contribution in [0, 0.1) is 5.92 Å². The van der Waals surface area contributed by atoms with E-state index in [-0.39, 0.29) is 56.5 Å². The molecule has 0 spiro atoms. The summed E-state index contributed by atoms with van der Waals surface area (Å²) in [5.41, 5.74) is 2.57. The van der Waals surface area contributed by atoms with Crippen LogP contribution < -0.4 is 35.5 Å². The molecule has 3 atom stereocenters. The molecule has 3 aliphatic rings. The molecular weight excluding hydrogens is 720 g/mol. The number of carbonyl (C=O) groups is 5. The van der Waals surface area contributed by atoms with Gasteiger partial charge < -0.3 is 50.1 Å². The molecule has 5 N–H and O–H groups in total. The number of methoxy groups -OCH3 is 1. The maximum absolute atomic E-state index is 14.6. The largest absolute Gasteiger partial charge is 0.492 e. The molecule has 0 unspecified atom stereocenters. The molecule has 0 radical (unpaired) electrons. The summed E-state index contributed by atoms with van der Waals surface area (Å²) < 4.78 is 22.4. The summed E-state index contributed by atoms with van der Waals surface area (Å²) in [6, 6.07) is 16.2. The van der Waals surface area contributed by atoms with Crippen LogP contribution in [0.1, 0.15) is 35.3 Å². The Morgan fingerprint density at radius 2 is 1.68 bits per heavy atom. The first-order valence-electron chi connectivity index (χ1n) is 18.7. The van der Waals surface area contributed by atoms with Gasteiger partial charge in [-0.1, -0.05) is 44.2 Å². The second-order valence-electron chi connectivity index (χ2n) is 14.0. The first-order valence-corrected chi connectivity index (χ1v) is 18.7. The van der Waals surface area contributed by atoms with Crippen molar-refractivity contribution >= 4 is 40.4 Å². The zero-order chi connectivity index (χ0) is 39.6. The van der Waals surface area contributed by atoms with E-state index >= 15 is 0 Å². The number of aromatic nitrogens is 1. The van der Waals surface area contributed by atoms with Crippen molar-refractivity contribution in [2.24, 2.45) is 5.92 Å². The van der Waals surface area contributed by atoms with Crippen molar-refractivity contribution in [3.8, 4) is 17.2 Å². The number of amides is 5. The molecule has 0 saturated heterocycles. The number of ether oxygens (including phenoxy) is 4. The third-order valence-corrected chi connectivity index (χ3v) is 9.65. The smallest absolute Gasteiger partial charge is 0.252 e. The second-order valence-corrected chi connectivity index (χ2v) is 14.0. The number of fused-ring (bicyclic) bond motifs is 19. The van der Waals surface area contributed by atoms with Gasteiger partial charge in [0.1, 0.15) is 43.7 Å². The molecule has 296 valence electrons. The summed E-state index contributed by atoms with van der Waals surface area (Å²) in [5.74, 6) is -1.43. The summed E-state index contributed by atoms with van der Waals surface area (Å²) in [7, 11) is 1.48. The van der Waals surface area contributed by atoms with E-state index in [0.29, 0.717) is 36.0 Å². The first kappa shape index (κ1) is 39.6. The fourth-order valence-corrected chi connectivity index (χ4v) is 6.66. The van der Waals surface area contributed by atoms with Gasteiger partial charge in [0.15, 0.2) is 11.5 Å². The molecule has 2 bridgehead atoms. The molecular formula is C41H48N6O9. The minimum Gasteiger partial charge on any atom is -0.492 e. The number of benzene rings is 3. The van der Waals surface area contributed by atoms with Crippen LogP contribution in [0.2, 0.25) is 0 Å². The monoisotopic (exact) mass is 768 g/mol. The molecule has 0 fully saturated rings. The molecule has 3 aliphatic heterocycles. The van der Waals surface area contributed by atoms with E-state index in [9.17, 15) is 24.0 Å². The standard InChI is InChI=1S/C41H48N6O9/c1-25(2)37-40(51)42-14-16-54-29-11-8-26(9-12-29)20-32(44-38(49)27-10-13-34-35(22-27)56-19-18-55-34)39(50)45-33(21-28-23-43-31-7-5-4-6-30(28)31)41(52)47(15-17-53-3)24-36(48)46-37/h4-13,22-23,25,32-33,37,43H,14-21,24H2,1-3H3,(H,42,51)(H,44,49)(H,45,50)(H,46,48)/t32-,33-,37-/m0/s1. The third kappa shape index (κ3) is 9.96. The summed E-state index contributed by atoms with van der Waals surface area (Å²) in [4.78, 5) is 74.1. The normalized spacial score (nSPS) is 19.9. The lowest BCUT2D eigenvalue weighted by Crippen LogP contribution is -2.58. The van der Waals surface area contributed by atoms with Gasteiger partial charge in [0, 0.05) is 49.2 Å². The van der Waals surface area contributed by atoms with Crippen LogP contribution in [0.3, 0.4) is 0 Å². The van der Waals surface area contributed by atoms with Gasteiger partial charge >= 0.3 is 0 Å². The maximum atomic E-state index is 14.6. The Kier molecular flexibility index (Phi) is 13.1. The molecule has 0 saturated carbocycles. The number of hydrogen-bond donors (Lipinski definition) is 5. The van der Waals surface area contributed by atoms with Gasteiger partial charge in [-0.3, -0.25) is 24.0 Å². The number of para-hydroxylation sites is 1. The van der Waals surface area contributed by atoms with Crippen LogP contribution in [0.25, 0.3) is 10.9 Å². The van der Waals surface area contributed by atoms with Gasteiger partial charge in [0.25, 0.3) is 5.91 Å². The van der Waals surface area contributed by atoms with Crippen molar-refractivity contribution in [2.45, 2.75) is 44.8 Å². The molecule has 0 aliphatic carbocycles. The summed E-state index contributed by atoms with van der Waals surface area (Å²) in [6.45, 7) is 4.42. The second kappa shape index (κ2) is 18.5. The zero-order valence-electron chi connectivity index (χ0n) is 31.7. The van der Waals surface area contributed by atoms with E-state index in [2.05, 4.69) is 26.3 Å². The minimum atomic E-state index is -1.18. The van der Waals surface area contributed by atoms with Crippen LogP contribution in [-0.4, -0.2) is 111 Å². The molecule has 1 aromatic heterocycles. The highest BCUT2D eigenvalue weighted by Gasteiger charge is 2.33. The van der Waals surface area contributed by atoms with Crippen molar-refractivity contribution in [3.05, 3.63) is 89.6 Å². The molecule has 4 aromatic rings. The molecule has 56 heavy (non-hydrogen) atoms. The lowest BCUT2D eigenvalue weighted by atomic mass is 10.0. The highest BCUT2D eigenvalue weighted by molar-refractivity contribution is 5.99. The minimum absolute atomic E-state index is 0.0233. The van der Waals surface area contributed by atoms with Crippen molar-refractivity contribution in [3.63, 3.8) is 0 Å². The van der Waals surface area contributed by atoms with Crippen molar-refractivity contribution in [2.75, 3.05) is 53.2 Å². The average Bonchev–Trinajstić information content (AvgIpc) is 3.61. The van der Waals surface area contributed by atoms with Crippen molar-refractivity contribution in [1.29, 1.82) is 0 Å². The Morgan fingerprint density at radius 3 is 2.45 bits per heavy atom. The first-order chi connectivity index (χ1) is 27.1. The van der Waals surface area contributed by atoms with E-state index in [4.69, 9.17) is 18.9 Å². The van der Waals surface area contributed by atoms with Gasteiger partial charge in [-0.2, -0.15) is 0 Å². The van der Waals surface area contributed by atoms with Gasteiger partial charge in [-0.25, -0.2) is 0 Å². The number of nitrogens with zero attached hydrogens (tertiary/aromatic N) is 1. The topological polar surface area (TPSA) is 189 Å². The zero-order valence-corrected chi connectivity index (χ0v) is 31.7. The number of nitrogens with one attached hydrogen (secondary N) is 5. The molecule has 15 heteroatoms. The third-order valence-electron chi connectivity index (χ3n) is 9.65. The lowest BCUT2D eigenvalue weighted by molar-refractivity contribution is -0.141. The predicted octanol–water partition coefficient (Wildman–Crippen LogP) is 2.13. The molecule has 5 amide bonds. The number of rotatable bonds is 8. The van der Waals surface area contributed by atoms with E-state index < -0.39 is 48.3 Å².